The molecule has 0 nitrogen and oxygen atoms in total. The third-order valence-electron chi connectivity index (χ3n) is 0.607. The van der Waals surface area contributed by atoms with E-state index in [2.05, 4.69) is 26.8 Å². The molecular weight excluding hydrogens is 171 g/mol. The minimum Gasteiger partial charge on any atom is -0.323 e. The molecule has 0 heterocycles. The van der Waals surface area contributed by atoms with Crippen LogP contribution in [-0.4, -0.2) is 0 Å². The minimum atomic E-state index is 0. The molecule has 0 saturated carbocycles. The third-order valence-corrected chi connectivity index (χ3v) is 0.607. The Kier molecular flexibility index (Phi) is 11.9. The van der Waals surface area contributed by atoms with Crippen LogP contribution >= 0.6 is 0 Å². The number of hydrogen-bond donors (Lipinski definition) is 0. The van der Waals surface area contributed by atoms with Gasteiger partial charge in [-0.3, -0.25) is 0 Å². The molecule has 1 aromatic rings. The number of rotatable bonds is 0. The maximum absolute atomic E-state index is 2.89. The Labute approximate surface area is 81.9 Å². The van der Waals surface area contributed by atoms with E-state index in [9.17, 15) is 0 Å². The molecule has 0 aliphatic rings. The smallest absolute Gasteiger partial charge is 0.323 e. The SMILES string of the molecule is C[C-](C)C.[V+2].[c-]1ccccc1. The molecule has 11 heavy (non-hydrogen) atoms. The van der Waals surface area contributed by atoms with Crippen LogP contribution in [0.15, 0.2) is 30.3 Å². The molecule has 0 spiro atoms. The molecule has 0 aliphatic heterocycles. The summed E-state index contributed by atoms with van der Waals surface area (Å²) in [6.45, 7) is 6.25. The van der Waals surface area contributed by atoms with Crippen LogP contribution in [0.3, 0.4) is 0 Å². The van der Waals surface area contributed by atoms with Crippen molar-refractivity contribution in [2.45, 2.75) is 20.8 Å². The van der Waals surface area contributed by atoms with Crippen LogP contribution in [0.4, 0.5) is 0 Å². The van der Waals surface area contributed by atoms with E-state index >= 15 is 0 Å². The van der Waals surface area contributed by atoms with E-state index < -0.39 is 0 Å². The summed E-state index contributed by atoms with van der Waals surface area (Å²) in [4.78, 5) is 0. The van der Waals surface area contributed by atoms with Gasteiger partial charge in [0.05, 0.1) is 0 Å². The van der Waals surface area contributed by atoms with Gasteiger partial charge in [-0.2, -0.15) is 57.2 Å². The van der Waals surface area contributed by atoms with Gasteiger partial charge in [0.25, 0.3) is 0 Å². The first-order valence-electron chi connectivity index (χ1n) is 3.41. The molecule has 1 heteroatoms. The summed E-state index contributed by atoms with van der Waals surface area (Å²) in [6, 6.07) is 12.5. The van der Waals surface area contributed by atoms with E-state index in [1.807, 2.05) is 30.3 Å². The fraction of sp³-hybridized carbons (Fsp3) is 0.300. The van der Waals surface area contributed by atoms with Crippen LogP contribution in [0.1, 0.15) is 20.8 Å². The Bertz CT molecular complexity index is 105. The van der Waals surface area contributed by atoms with E-state index in [0.717, 1.165) is 0 Å². The summed E-state index contributed by atoms with van der Waals surface area (Å²) in [6.07, 6.45) is 0. The first-order chi connectivity index (χ1) is 4.73. The number of hydrogen-bond acceptors (Lipinski definition) is 0. The predicted octanol–water partition coefficient (Wildman–Crippen LogP) is 3.10. The van der Waals surface area contributed by atoms with E-state index in [0.29, 0.717) is 0 Å². The molecule has 0 atom stereocenters. The molecule has 0 unspecified atom stereocenters. The molecule has 0 amide bonds. The second-order valence-electron chi connectivity index (χ2n) is 2.58. The molecule has 1 radical (unpaired) electrons. The zero-order valence-electron chi connectivity index (χ0n) is 7.33. The largest absolute Gasteiger partial charge is 2.00 e. The van der Waals surface area contributed by atoms with Gasteiger partial charge in [0, 0.05) is 0 Å². The van der Waals surface area contributed by atoms with Gasteiger partial charge >= 0.3 is 18.6 Å². The maximum Gasteiger partial charge on any atom is 2.00 e. The fourth-order valence-electron chi connectivity index (χ4n) is 0.342. The van der Waals surface area contributed by atoms with E-state index in [1.54, 1.807) is 0 Å². The van der Waals surface area contributed by atoms with Crippen molar-refractivity contribution in [1.29, 1.82) is 0 Å². The van der Waals surface area contributed by atoms with Crippen LogP contribution in [0.25, 0.3) is 0 Å². The van der Waals surface area contributed by atoms with E-state index in [4.69, 9.17) is 0 Å². The molecule has 0 aromatic heterocycles. The van der Waals surface area contributed by atoms with Crippen LogP contribution < -0.4 is 0 Å². The summed E-state index contributed by atoms with van der Waals surface area (Å²) in [5.41, 5.74) is 0. The van der Waals surface area contributed by atoms with Gasteiger partial charge in [0.2, 0.25) is 0 Å². The first kappa shape index (κ1) is 13.4. The van der Waals surface area contributed by atoms with Crippen molar-refractivity contribution in [3.63, 3.8) is 0 Å². The normalized spacial score (nSPS) is 7.64. The predicted molar refractivity (Wildman–Crippen MR) is 45.5 cm³/mol. The van der Waals surface area contributed by atoms with Crippen molar-refractivity contribution < 1.29 is 18.6 Å². The summed E-state index contributed by atoms with van der Waals surface area (Å²) < 4.78 is 0. The van der Waals surface area contributed by atoms with Gasteiger partial charge in [0.15, 0.2) is 0 Å². The van der Waals surface area contributed by atoms with Gasteiger partial charge in [-0.1, -0.05) is 0 Å². The molecule has 0 N–H and O–H groups in total. The van der Waals surface area contributed by atoms with Crippen LogP contribution in [0.5, 0.6) is 0 Å². The maximum atomic E-state index is 2.89. The van der Waals surface area contributed by atoms with Crippen molar-refractivity contribution >= 4 is 0 Å². The minimum absolute atomic E-state index is 0. The Morgan fingerprint density at radius 1 is 0.909 bits per heavy atom. The second-order valence-corrected chi connectivity index (χ2v) is 2.58. The van der Waals surface area contributed by atoms with Crippen LogP contribution in [-0.2, 0) is 18.6 Å². The number of benzene rings is 1. The Hall–Kier alpha value is -0.196. The van der Waals surface area contributed by atoms with Crippen molar-refractivity contribution in [2.75, 3.05) is 0 Å². The Morgan fingerprint density at radius 3 is 1.36 bits per heavy atom. The van der Waals surface area contributed by atoms with Crippen LogP contribution in [0.2, 0.25) is 0 Å². The average Bonchev–Trinajstić information content (AvgIpc) is 1.90. The van der Waals surface area contributed by atoms with E-state index in [-0.39, 0.29) is 18.6 Å². The quantitative estimate of drug-likeness (QED) is 0.545. The zero-order chi connectivity index (χ0) is 7.82. The van der Waals surface area contributed by atoms with Crippen molar-refractivity contribution in [1.82, 2.24) is 0 Å². The van der Waals surface area contributed by atoms with Crippen molar-refractivity contribution in [3.05, 3.63) is 42.3 Å². The summed E-state index contributed by atoms with van der Waals surface area (Å²) in [5, 5.41) is 0. The zero-order valence-corrected chi connectivity index (χ0v) is 8.73. The molecule has 1 rings (SSSR count). The molecule has 0 fully saturated rings. The molecular formula is C10H14V. The van der Waals surface area contributed by atoms with Crippen molar-refractivity contribution in [2.24, 2.45) is 0 Å². The molecule has 1 aromatic carbocycles. The summed E-state index contributed by atoms with van der Waals surface area (Å²) in [7, 11) is 0. The topological polar surface area (TPSA) is 0 Å². The molecule has 59 valence electrons. The second kappa shape index (κ2) is 9.80. The van der Waals surface area contributed by atoms with Gasteiger partial charge in [-0.05, 0) is 0 Å². The summed E-state index contributed by atoms with van der Waals surface area (Å²) >= 11 is 0. The monoisotopic (exact) mass is 185 g/mol. The average molecular weight is 185 g/mol. The third kappa shape index (κ3) is 17.7. The standard InChI is InChI=1S/C6H5.C4H9.V/c1-2-4-6-5-3-1;1-4(2)3;/h1-5H;1-3H3;/q2*-1;+2. The Morgan fingerprint density at radius 2 is 1.27 bits per heavy atom. The van der Waals surface area contributed by atoms with Gasteiger partial charge in [-0.15, -0.1) is 0 Å². The van der Waals surface area contributed by atoms with Gasteiger partial charge in [-0.25, -0.2) is 0 Å². The fourth-order valence-corrected chi connectivity index (χ4v) is 0.342. The Balaban J connectivity index is 0. The molecule has 0 aliphatic carbocycles. The van der Waals surface area contributed by atoms with Gasteiger partial charge in [0.1, 0.15) is 0 Å². The first-order valence-corrected chi connectivity index (χ1v) is 3.41. The molecule has 0 saturated heterocycles. The van der Waals surface area contributed by atoms with Gasteiger partial charge < -0.3 is 5.92 Å². The summed E-state index contributed by atoms with van der Waals surface area (Å²) in [5.74, 6) is 1.42. The van der Waals surface area contributed by atoms with Crippen molar-refractivity contribution in [3.8, 4) is 0 Å². The van der Waals surface area contributed by atoms with Crippen LogP contribution in [0, 0.1) is 12.0 Å². The molecule has 0 bridgehead atoms. The van der Waals surface area contributed by atoms with E-state index in [1.165, 1.54) is 5.92 Å².